The molecule has 2 aromatic heterocycles. The van der Waals surface area contributed by atoms with E-state index in [2.05, 4.69) is 15.5 Å². The second kappa shape index (κ2) is 9.07. The average Bonchev–Trinajstić information content (AvgIpc) is 3.21. The Kier molecular flexibility index (Phi) is 6.03. The molecule has 0 saturated heterocycles. The zero-order valence-corrected chi connectivity index (χ0v) is 18.5. The van der Waals surface area contributed by atoms with Gasteiger partial charge in [-0.05, 0) is 36.8 Å². The van der Waals surface area contributed by atoms with Gasteiger partial charge in [0.25, 0.3) is 5.91 Å². The van der Waals surface area contributed by atoms with Crippen LogP contribution in [0.1, 0.15) is 21.7 Å². The SMILES string of the molecule is Cc1cc(=O)c(C(=O)Nc2ccnn2Cc2ccc(N(C)C)cc2)nn1-c1ccccc1F. The number of benzene rings is 2. The molecule has 0 fully saturated rings. The van der Waals surface area contributed by atoms with E-state index in [1.807, 2.05) is 43.3 Å². The van der Waals surface area contributed by atoms with Gasteiger partial charge in [-0.3, -0.25) is 9.59 Å². The van der Waals surface area contributed by atoms with E-state index in [9.17, 15) is 14.0 Å². The highest BCUT2D eigenvalue weighted by atomic mass is 19.1. The summed E-state index contributed by atoms with van der Waals surface area (Å²) >= 11 is 0. The Bertz CT molecular complexity index is 1360. The van der Waals surface area contributed by atoms with Crippen molar-refractivity contribution in [1.29, 1.82) is 0 Å². The average molecular weight is 446 g/mol. The summed E-state index contributed by atoms with van der Waals surface area (Å²) in [5.74, 6) is -0.799. The third kappa shape index (κ3) is 4.67. The van der Waals surface area contributed by atoms with E-state index in [1.54, 1.807) is 36.0 Å². The molecule has 33 heavy (non-hydrogen) atoms. The summed E-state index contributed by atoms with van der Waals surface area (Å²) in [6, 6.07) is 16.9. The molecule has 0 spiro atoms. The molecule has 0 aliphatic rings. The monoisotopic (exact) mass is 446 g/mol. The van der Waals surface area contributed by atoms with E-state index in [0.29, 0.717) is 18.1 Å². The highest BCUT2D eigenvalue weighted by molar-refractivity contribution is 6.02. The predicted molar refractivity (Wildman–Crippen MR) is 125 cm³/mol. The van der Waals surface area contributed by atoms with Crippen LogP contribution in [0.5, 0.6) is 0 Å². The third-order valence-corrected chi connectivity index (χ3v) is 5.15. The molecular formula is C24H23FN6O2. The zero-order valence-electron chi connectivity index (χ0n) is 18.5. The topological polar surface area (TPSA) is 85.1 Å². The number of nitrogens with one attached hydrogen (secondary N) is 1. The first-order chi connectivity index (χ1) is 15.8. The number of nitrogens with zero attached hydrogens (tertiary/aromatic N) is 5. The Morgan fingerprint density at radius 3 is 2.52 bits per heavy atom. The third-order valence-electron chi connectivity index (χ3n) is 5.15. The van der Waals surface area contributed by atoms with Gasteiger partial charge in [0.1, 0.15) is 17.3 Å². The maximum absolute atomic E-state index is 14.3. The molecule has 8 nitrogen and oxygen atoms in total. The summed E-state index contributed by atoms with van der Waals surface area (Å²) in [6.45, 7) is 2.05. The van der Waals surface area contributed by atoms with Crippen molar-refractivity contribution in [3.63, 3.8) is 0 Å². The van der Waals surface area contributed by atoms with E-state index in [0.717, 1.165) is 11.3 Å². The molecule has 0 radical (unpaired) electrons. The Balaban J connectivity index is 1.59. The summed E-state index contributed by atoms with van der Waals surface area (Å²) in [4.78, 5) is 27.4. The van der Waals surface area contributed by atoms with Gasteiger partial charge in [-0.25, -0.2) is 13.8 Å². The van der Waals surface area contributed by atoms with Gasteiger partial charge in [0.15, 0.2) is 5.69 Å². The molecule has 0 saturated carbocycles. The van der Waals surface area contributed by atoms with Gasteiger partial charge in [-0.1, -0.05) is 24.3 Å². The molecule has 1 amide bonds. The van der Waals surface area contributed by atoms with E-state index < -0.39 is 17.2 Å². The Morgan fingerprint density at radius 1 is 1.09 bits per heavy atom. The van der Waals surface area contributed by atoms with E-state index in [-0.39, 0.29) is 11.4 Å². The molecule has 0 atom stereocenters. The maximum Gasteiger partial charge on any atom is 0.281 e. The Hall–Kier alpha value is -4.27. The molecule has 4 aromatic rings. The number of halogens is 1. The summed E-state index contributed by atoms with van der Waals surface area (Å²) < 4.78 is 17.1. The van der Waals surface area contributed by atoms with E-state index >= 15 is 0 Å². The molecule has 0 aliphatic heterocycles. The quantitative estimate of drug-likeness (QED) is 0.492. The molecule has 9 heteroatoms. The number of aromatic nitrogens is 4. The van der Waals surface area contributed by atoms with Gasteiger partial charge in [-0.2, -0.15) is 10.2 Å². The Morgan fingerprint density at radius 2 is 1.82 bits per heavy atom. The lowest BCUT2D eigenvalue weighted by molar-refractivity contribution is 0.101. The fourth-order valence-electron chi connectivity index (χ4n) is 3.38. The highest BCUT2D eigenvalue weighted by Crippen LogP contribution is 2.16. The van der Waals surface area contributed by atoms with Gasteiger partial charge >= 0.3 is 0 Å². The summed E-state index contributed by atoms with van der Waals surface area (Å²) in [7, 11) is 3.94. The lowest BCUT2D eigenvalue weighted by Gasteiger charge is -2.14. The van der Waals surface area contributed by atoms with Crippen molar-refractivity contribution < 1.29 is 9.18 Å². The van der Waals surface area contributed by atoms with Crippen LogP contribution in [0.3, 0.4) is 0 Å². The van der Waals surface area contributed by atoms with E-state index in [1.165, 1.54) is 22.9 Å². The minimum Gasteiger partial charge on any atom is -0.378 e. The molecule has 168 valence electrons. The lowest BCUT2D eigenvalue weighted by Crippen LogP contribution is -2.28. The second-order valence-corrected chi connectivity index (χ2v) is 7.75. The van der Waals surface area contributed by atoms with Crippen LogP contribution in [-0.2, 0) is 6.54 Å². The van der Waals surface area contributed by atoms with Gasteiger partial charge in [0, 0.05) is 37.6 Å². The van der Waals surface area contributed by atoms with Crippen molar-refractivity contribution in [3.8, 4) is 5.69 Å². The van der Waals surface area contributed by atoms with Crippen LogP contribution in [0.4, 0.5) is 15.9 Å². The normalized spacial score (nSPS) is 10.8. The minimum absolute atomic E-state index is 0.148. The molecule has 2 heterocycles. The van der Waals surface area contributed by atoms with Crippen LogP contribution in [0.25, 0.3) is 5.69 Å². The van der Waals surface area contributed by atoms with Crippen molar-refractivity contribution in [2.45, 2.75) is 13.5 Å². The largest absolute Gasteiger partial charge is 0.378 e. The molecule has 0 bridgehead atoms. The first kappa shape index (κ1) is 21.9. The molecule has 2 aromatic carbocycles. The van der Waals surface area contributed by atoms with Gasteiger partial charge in [-0.15, -0.1) is 0 Å². The number of carbonyl (C=O) groups excluding carboxylic acids is 1. The van der Waals surface area contributed by atoms with Crippen LogP contribution < -0.4 is 15.6 Å². The van der Waals surface area contributed by atoms with Crippen molar-refractivity contribution in [2.24, 2.45) is 0 Å². The van der Waals surface area contributed by atoms with Gasteiger partial charge < -0.3 is 10.2 Å². The highest BCUT2D eigenvalue weighted by Gasteiger charge is 2.18. The molecule has 0 unspecified atom stereocenters. The number of rotatable bonds is 6. The Labute approximate surface area is 189 Å². The van der Waals surface area contributed by atoms with Gasteiger partial charge in [0.05, 0.1) is 12.7 Å². The predicted octanol–water partition coefficient (Wildman–Crippen LogP) is 3.24. The number of para-hydroxylation sites is 1. The first-order valence-corrected chi connectivity index (χ1v) is 10.3. The second-order valence-electron chi connectivity index (χ2n) is 7.75. The fourth-order valence-corrected chi connectivity index (χ4v) is 3.38. The van der Waals surface area contributed by atoms with Crippen molar-refractivity contribution in [3.05, 3.63) is 99.9 Å². The smallest absolute Gasteiger partial charge is 0.281 e. The van der Waals surface area contributed by atoms with Gasteiger partial charge in [0.2, 0.25) is 5.43 Å². The van der Waals surface area contributed by atoms with Crippen LogP contribution in [-0.4, -0.2) is 39.6 Å². The van der Waals surface area contributed by atoms with Crippen LogP contribution >= 0.6 is 0 Å². The number of aryl methyl sites for hydroxylation is 1. The van der Waals surface area contributed by atoms with E-state index in [4.69, 9.17) is 0 Å². The molecule has 1 N–H and O–H groups in total. The number of carbonyl (C=O) groups is 1. The standard InChI is InChI=1S/C24H23FN6O2/c1-16-14-21(32)23(28-31(16)20-7-5-4-6-19(20)25)24(33)27-22-12-13-26-30(22)15-17-8-10-18(11-9-17)29(2)3/h4-14H,15H2,1-3H3,(H,27,33). The zero-order chi connectivity index (χ0) is 23.5. The molecule has 4 rings (SSSR count). The fraction of sp³-hybridized carbons (Fsp3) is 0.167. The van der Waals surface area contributed by atoms with Crippen LogP contribution in [0, 0.1) is 12.7 Å². The maximum atomic E-state index is 14.3. The van der Waals surface area contributed by atoms with Crippen molar-refractivity contribution in [2.75, 3.05) is 24.3 Å². The summed E-state index contributed by atoms with van der Waals surface area (Å²) in [6.07, 6.45) is 1.56. The summed E-state index contributed by atoms with van der Waals surface area (Å²) in [5.41, 5.74) is 1.73. The number of anilines is 2. The molecule has 0 aliphatic carbocycles. The van der Waals surface area contributed by atoms with Crippen molar-refractivity contribution >= 4 is 17.4 Å². The number of hydrogen-bond donors (Lipinski definition) is 1. The number of hydrogen-bond acceptors (Lipinski definition) is 5. The first-order valence-electron chi connectivity index (χ1n) is 10.3. The van der Waals surface area contributed by atoms with Crippen molar-refractivity contribution in [1.82, 2.24) is 19.6 Å². The lowest BCUT2D eigenvalue weighted by atomic mass is 10.2. The number of amides is 1. The van der Waals surface area contributed by atoms with Crippen LogP contribution in [0.15, 0.2) is 71.7 Å². The molecular weight excluding hydrogens is 423 g/mol. The minimum atomic E-state index is -0.699. The summed E-state index contributed by atoms with van der Waals surface area (Å²) in [5, 5.41) is 11.1. The van der Waals surface area contributed by atoms with Crippen LogP contribution in [0.2, 0.25) is 0 Å².